The van der Waals surface area contributed by atoms with E-state index in [0.717, 1.165) is 17.4 Å². The average molecular weight is 480 g/mol. The van der Waals surface area contributed by atoms with Crippen LogP contribution in [0.1, 0.15) is 27.5 Å². The second-order valence-electron chi connectivity index (χ2n) is 8.49. The Morgan fingerprint density at radius 1 is 1.06 bits per heavy atom. The van der Waals surface area contributed by atoms with Crippen LogP contribution in [0.3, 0.4) is 0 Å². The minimum atomic E-state index is -3.40. The Morgan fingerprint density at radius 2 is 1.68 bits per heavy atom. The number of sulfonamides is 1. The molecule has 0 saturated carbocycles. The molecule has 1 atom stereocenters. The van der Waals surface area contributed by atoms with Gasteiger partial charge in [-0.2, -0.15) is 0 Å². The van der Waals surface area contributed by atoms with E-state index in [2.05, 4.69) is 38.9 Å². The minimum Gasteiger partial charge on any atom is -0.397 e. The van der Waals surface area contributed by atoms with E-state index in [-0.39, 0.29) is 24.5 Å². The number of nitrogens with zero attached hydrogens (tertiary/aromatic N) is 3. The van der Waals surface area contributed by atoms with Crippen molar-refractivity contribution in [3.8, 4) is 0 Å². The molecule has 34 heavy (non-hydrogen) atoms. The van der Waals surface area contributed by atoms with E-state index in [9.17, 15) is 13.2 Å². The fraction of sp³-hybridized carbons (Fsp3) is 0.280. The van der Waals surface area contributed by atoms with Crippen molar-refractivity contribution in [2.75, 3.05) is 38.2 Å². The molecular formula is C25H29N5O3S. The number of nitrogens with one attached hydrogen (secondary N) is 1. The van der Waals surface area contributed by atoms with Crippen molar-refractivity contribution in [2.45, 2.75) is 12.1 Å². The molecule has 3 N–H and O–H groups in total. The van der Waals surface area contributed by atoms with Crippen molar-refractivity contribution in [3.05, 3.63) is 95.8 Å². The highest BCUT2D eigenvalue weighted by Gasteiger charge is 2.35. The van der Waals surface area contributed by atoms with Gasteiger partial charge in [0.2, 0.25) is 10.0 Å². The van der Waals surface area contributed by atoms with E-state index in [1.165, 1.54) is 12.4 Å². The maximum absolute atomic E-state index is 13.2. The zero-order chi connectivity index (χ0) is 24.1. The molecular weight excluding hydrogens is 450 g/mol. The topological polar surface area (TPSA) is 109 Å². The van der Waals surface area contributed by atoms with E-state index >= 15 is 0 Å². The predicted octanol–water partition coefficient (Wildman–Crippen LogP) is 2.13. The summed E-state index contributed by atoms with van der Waals surface area (Å²) in [5, 5.41) is 0. The lowest BCUT2D eigenvalue weighted by atomic mass is 9.94. The fourth-order valence-corrected chi connectivity index (χ4v) is 4.92. The molecule has 2 aromatic carbocycles. The number of anilines is 1. The largest absolute Gasteiger partial charge is 0.397 e. The molecule has 4 rings (SSSR count). The van der Waals surface area contributed by atoms with Gasteiger partial charge in [0.25, 0.3) is 5.91 Å². The number of pyridine rings is 1. The number of carbonyl (C=O) groups excluding carboxylic acids is 1. The molecule has 178 valence electrons. The van der Waals surface area contributed by atoms with Crippen molar-refractivity contribution in [1.29, 1.82) is 0 Å². The first-order valence-electron chi connectivity index (χ1n) is 11.1. The van der Waals surface area contributed by atoms with Crippen molar-refractivity contribution in [2.24, 2.45) is 0 Å². The summed E-state index contributed by atoms with van der Waals surface area (Å²) in [5.74, 6) is -0.167. The third-order valence-electron chi connectivity index (χ3n) is 5.97. The van der Waals surface area contributed by atoms with Crippen LogP contribution in [0.5, 0.6) is 0 Å². The number of carbonyl (C=O) groups is 1. The maximum Gasteiger partial charge on any atom is 0.255 e. The molecule has 2 heterocycles. The Kier molecular flexibility index (Phi) is 7.26. The summed E-state index contributed by atoms with van der Waals surface area (Å²) in [4.78, 5) is 21.3. The summed E-state index contributed by atoms with van der Waals surface area (Å²) in [5.41, 5.74) is 8.89. The quantitative estimate of drug-likeness (QED) is 0.537. The number of hydrogen-bond acceptors (Lipinski definition) is 6. The molecule has 1 amide bonds. The van der Waals surface area contributed by atoms with Gasteiger partial charge in [-0.1, -0.05) is 60.7 Å². The summed E-state index contributed by atoms with van der Waals surface area (Å²) < 4.78 is 26.5. The Balaban J connectivity index is 1.66. The van der Waals surface area contributed by atoms with Gasteiger partial charge in [0, 0.05) is 44.6 Å². The van der Waals surface area contributed by atoms with Crippen molar-refractivity contribution >= 4 is 21.6 Å². The van der Waals surface area contributed by atoms with E-state index < -0.39 is 10.0 Å². The Bertz CT molecular complexity index is 1180. The van der Waals surface area contributed by atoms with Gasteiger partial charge in [-0.3, -0.25) is 14.7 Å². The second-order valence-corrected chi connectivity index (χ2v) is 10.3. The van der Waals surface area contributed by atoms with Crippen LogP contribution in [0.15, 0.2) is 79.1 Å². The SMILES string of the molecule is CS(=O)(=O)NCC1CN(C(=O)c2cncc(N)c2)CCN1C(c1ccccc1)c1ccccc1. The van der Waals surface area contributed by atoms with Gasteiger partial charge in [0.15, 0.2) is 0 Å². The van der Waals surface area contributed by atoms with Crippen molar-refractivity contribution in [1.82, 2.24) is 19.5 Å². The minimum absolute atomic E-state index is 0.0833. The van der Waals surface area contributed by atoms with Gasteiger partial charge in [-0.05, 0) is 17.2 Å². The van der Waals surface area contributed by atoms with Crippen LogP contribution in [0.4, 0.5) is 5.69 Å². The summed E-state index contributed by atoms with van der Waals surface area (Å²) in [6.45, 7) is 1.63. The Morgan fingerprint density at radius 3 is 2.24 bits per heavy atom. The Labute approximate surface area is 200 Å². The van der Waals surface area contributed by atoms with E-state index in [4.69, 9.17) is 5.73 Å². The van der Waals surface area contributed by atoms with Crippen LogP contribution in [-0.2, 0) is 10.0 Å². The number of nitrogens with two attached hydrogens (primary N) is 1. The third-order valence-corrected chi connectivity index (χ3v) is 6.66. The van der Waals surface area contributed by atoms with Crippen molar-refractivity contribution in [3.63, 3.8) is 0 Å². The van der Waals surface area contributed by atoms with Crippen LogP contribution in [0.25, 0.3) is 0 Å². The smallest absolute Gasteiger partial charge is 0.255 e. The monoisotopic (exact) mass is 479 g/mol. The molecule has 1 aliphatic rings. The zero-order valence-electron chi connectivity index (χ0n) is 19.0. The number of piperazine rings is 1. The number of hydrogen-bond donors (Lipinski definition) is 2. The number of rotatable bonds is 7. The molecule has 0 aliphatic carbocycles. The predicted molar refractivity (Wildman–Crippen MR) is 133 cm³/mol. The molecule has 1 unspecified atom stereocenters. The number of benzene rings is 2. The summed E-state index contributed by atoms with van der Waals surface area (Å²) in [6.07, 6.45) is 4.15. The second kappa shape index (κ2) is 10.3. The molecule has 1 aromatic heterocycles. The van der Waals surface area contributed by atoms with Crippen LogP contribution in [0.2, 0.25) is 0 Å². The summed E-state index contributed by atoms with van der Waals surface area (Å²) in [6, 6.07) is 21.6. The standard InChI is InChI=1S/C25H29N5O3S/c1-34(32,33)28-17-23-18-29(25(31)21-14-22(26)16-27-15-21)12-13-30(23)24(19-8-4-2-5-9-19)20-10-6-3-7-11-20/h2-11,14-16,23-24,28H,12-13,17-18,26H2,1H3. The molecule has 8 nitrogen and oxygen atoms in total. The number of aromatic nitrogens is 1. The first-order valence-corrected chi connectivity index (χ1v) is 13.0. The van der Waals surface area contributed by atoms with E-state index in [0.29, 0.717) is 30.9 Å². The Hall–Kier alpha value is -3.27. The van der Waals surface area contributed by atoms with Crippen molar-refractivity contribution < 1.29 is 13.2 Å². The van der Waals surface area contributed by atoms with E-state index in [1.807, 2.05) is 36.4 Å². The zero-order valence-corrected chi connectivity index (χ0v) is 19.9. The summed E-state index contributed by atoms with van der Waals surface area (Å²) >= 11 is 0. The first kappa shape index (κ1) is 23.9. The summed E-state index contributed by atoms with van der Waals surface area (Å²) in [7, 11) is -3.40. The van der Waals surface area contributed by atoms with Crippen LogP contribution in [0, 0.1) is 0 Å². The number of nitrogen functional groups attached to an aromatic ring is 1. The van der Waals surface area contributed by atoms with Gasteiger partial charge in [-0.15, -0.1) is 0 Å². The fourth-order valence-electron chi connectivity index (χ4n) is 4.43. The lowest BCUT2D eigenvalue weighted by Gasteiger charge is -2.45. The lowest BCUT2D eigenvalue weighted by Crippen LogP contribution is -2.59. The average Bonchev–Trinajstić information content (AvgIpc) is 2.84. The van der Waals surface area contributed by atoms with E-state index in [1.54, 1.807) is 11.0 Å². The highest BCUT2D eigenvalue weighted by atomic mass is 32.2. The highest BCUT2D eigenvalue weighted by molar-refractivity contribution is 7.88. The van der Waals surface area contributed by atoms with Gasteiger partial charge < -0.3 is 10.6 Å². The molecule has 1 saturated heterocycles. The van der Waals surface area contributed by atoms with Crippen LogP contribution < -0.4 is 10.5 Å². The molecule has 0 spiro atoms. The van der Waals surface area contributed by atoms with Gasteiger partial charge in [0.1, 0.15) is 0 Å². The van der Waals surface area contributed by atoms with Gasteiger partial charge >= 0.3 is 0 Å². The molecule has 1 aliphatic heterocycles. The van der Waals surface area contributed by atoms with Crippen LogP contribution in [-0.4, -0.2) is 67.6 Å². The highest BCUT2D eigenvalue weighted by Crippen LogP contribution is 2.32. The number of amides is 1. The molecule has 0 radical (unpaired) electrons. The van der Waals surface area contributed by atoms with Gasteiger partial charge in [-0.25, -0.2) is 13.1 Å². The van der Waals surface area contributed by atoms with Gasteiger partial charge in [0.05, 0.1) is 23.5 Å². The molecule has 9 heteroatoms. The first-order chi connectivity index (χ1) is 16.3. The molecule has 0 bridgehead atoms. The molecule has 3 aromatic rings. The molecule has 1 fully saturated rings. The maximum atomic E-state index is 13.2. The van der Waals surface area contributed by atoms with Crippen LogP contribution >= 0.6 is 0 Å². The third kappa shape index (κ3) is 5.80. The lowest BCUT2D eigenvalue weighted by molar-refractivity contribution is 0.0397. The normalized spacial score (nSPS) is 17.1.